The van der Waals surface area contributed by atoms with Crippen molar-refractivity contribution in [2.24, 2.45) is 0 Å². The Morgan fingerprint density at radius 3 is 2.67 bits per heavy atom. The molecule has 2 rings (SSSR count). The van der Waals surface area contributed by atoms with Crippen LogP contribution in [0.25, 0.3) is 0 Å². The van der Waals surface area contributed by atoms with Gasteiger partial charge in [0.05, 0.1) is 0 Å². The van der Waals surface area contributed by atoms with E-state index in [0.29, 0.717) is 17.9 Å². The highest BCUT2D eigenvalue weighted by Gasteiger charge is 2.10. The fraction of sp³-hybridized carbons (Fsp3) is 0.214. The molecule has 0 fully saturated rings. The molecule has 1 heterocycles. The lowest BCUT2D eigenvalue weighted by atomic mass is 10.3. The first-order chi connectivity index (χ1) is 9.99. The van der Waals surface area contributed by atoms with Crippen LogP contribution < -0.4 is 10.9 Å². The van der Waals surface area contributed by atoms with Crippen molar-refractivity contribution in [3.05, 3.63) is 56.1 Å². The van der Waals surface area contributed by atoms with Crippen molar-refractivity contribution in [1.82, 2.24) is 9.55 Å². The summed E-state index contributed by atoms with van der Waals surface area (Å²) < 4.78 is 2.24. The van der Waals surface area contributed by atoms with Crippen LogP contribution in [-0.2, 0) is 17.8 Å². The second kappa shape index (κ2) is 6.87. The number of rotatable bonds is 4. The van der Waals surface area contributed by atoms with E-state index in [2.05, 4.69) is 26.2 Å². The smallest absolute Gasteiger partial charge is 0.255 e. The van der Waals surface area contributed by atoms with Gasteiger partial charge in [-0.15, -0.1) is 0 Å². The molecule has 2 aromatic rings. The van der Waals surface area contributed by atoms with Gasteiger partial charge in [0, 0.05) is 22.6 Å². The lowest BCUT2D eigenvalue weighted by Gasteiger charge is -2.11. The van der Waals surface area contributed by atoms with Crippen molar-refractivity contribution in [2.75, 3.05) is 5.32 Å². The molecule has 1 N–H and O–H groups in total. The number of halogens is 2. The summed E-state index contributed by atoms with van der Waals surface area (Å²) >= 11 is 9.07. The molecule has 110 valence electrons. The van der Waals surface area contributed by atoms with Crippen molar-refractivity contribution < 1.29 is 4.79 Å². The number of nitrogens with one attached hydrogen (secondary N) is 1. The van der Waals surface area contributed by atoms with Gasteiger partial charge in [0.1, 0.15) is 17.5 Å². The molecule has 0 aliphatic rings. The first-order valence-corrected chi connectivity index (χ1v) is 7.48. The Morgan fingerprint density at radius 2 is 2.05 bits per heavy atom. The molecule has 0 bridgehead atoms. The van der Waals surface area contributed by atoms with E-state index in [9.17, 15) is 9.59 Å². The zero-order valence-electron chi connectivity index (χ0n) is 11.3. The summed E-state index contributed by atoms with van der Waals surface area (Å²) in [5.74, 6) is 0.191. The summed E-state index contributed by atoms with van der Waals surface area (Å²) in [5.41, 5.74) is 0.328. The Kier molecular flexibility index (Phi) is 5.14. The molecular weight excluding hydrogens is 358 g/mol. The predicted octanol–water partition coefficient (Wildman–Crippen LogP) is 2.86. The minimum Gasteiger partial charge on any atom is -0.325 e. The molecule has 0 aliphatic carbocycles. The zero-order chi connectivity index (χ0) is 15.4. The third kappa shape index (κ3) is 4.15. The van der Waals surface area contributed by atoms with Gasteiger partial charge in [-0.1, -0.05) is 34.5 Å². The van der Waals surface area contributed by atoms with Crippen molar-refractivity contribution in [2.45, 2.75) is 19.9 Å². The number of carbonyl (C=O) groups excluding carboxylic acids is 1. The molecule has 0 saturated carbocycles. The quantitative estimate of drug-likeness (QED) is 0.842. The second-order valence-corrected chi connectivity index (χ2v) is 5.63. The Balaban J connectivity index is 2.16. The van der Waals surface area contributed by atoms with E-state index in [-0.39, 0.29) is 23.2 Å². The molecule has 0 atom stereocenters. The fourth-order valence-electron chi connectivity index (χ4n) is 1.84. The number of nitrogens with zero attached hydrogens (tertiary/aromatic N) is 2. The normalized spacial score (nSPS) is 10.4. The molecule has 21 heavy (non-hydrogen) atoms. The van der Waals surface area contributed by atoms with Crippen molar-refractivity contribution in [3.8, 4) is 0 Å². The van der Waals surface area contributed by atoms with Crippen LogP contribution in [0.1, 0.15) is 12.7 Å². The lowest BCUT2D eigenvalue weighted by molar-refractivity contribution is -0.116. The van der Waals surface area contributed by atoms with Crippen LogP contribution in [0.4, 0.5) is 5.69 Å². The molecule has 7 heteroatoms. The monoisotopic (exact) mass is 369 g/mol. The zero-order valence-corrected chi connectivity index (χ0v) is 13.6. The molecule has 1 amide bonds. The van der Waals surface area contributed by atoms with Crippen molar-refractivity contribution >= 4 is 39.1 Å². The Labute approximate surface area is 135 Å². The highest BCUT2D eigenvalue weighted by Crippen LogP contribution is 2.14. The molecular formula is C14H13BrClN3O2. The van der Waals surface area contributed by atoms with Crippen LogP contribution >= 0.6 is 27.5 Å². The summed E-state index contributed by atoms with van der Waals surface area (Å²) in [6.45, 7) is 1.75. The van der Waals surface area contributed by atoms with Gasteiger partial charge in [-0.05, 0) is 24.3 Å². The first-order valence-electron chi connectivity index (χ1n) is 6.31. The van der Waals surface area contributed by atoms with Crippen LogP contribution in [-0.4, -0.2) is 15.5 Å². The number of aryl methyl sites for hydroxylation is 1. The summed E-state index contributed by atoms with van der Waals surface area (Å²) in [4.78, 5) is 28.0. The third-order valence-electron chi connectivity index (χ3n) is 2.80. The maximum atomic E-state index is 12.0. The van der Waals surface area contributed by atoms with Gasteiger partial charge >= 0.3 is 0 Å². The molecule has 0 saturated heterocycles. The standard InChI is InChI=1S/C14H13BrClN3O2/c1-2-12-18-11(16)7-14(21)19(12)8-13(20)17-10-5-3-9(15)4-6-10/h3-7H,2,8H2,1H3,(H,17,20). The van der Waals surface area contributed by atoms with Gasteiger partial charge in [-0.2, -0.15) is 0 Å². The van der Waals surface area contributed by atoms with Crippen LogP contribution in [0.3, 0.4) is 0 Å². The number of benzene rings is 1. The molecule has 5 nitrogen and oxygen atoms in total. The Morgan fingerprint density at radius 1 is 1.38 bits per heavy atom. The van der Waals surface area contributed by atoms with Crippen molar-refractivity contribution in [3.63, 3.8) is 0 Å². The highest BCUT2D eigenvalue weighted by atomic mass is 79.9. The summed E-state index contributed by atoms with van der Waals surface area (Å²) in [7, 11) is 0. The molecule has 0 radical (unpaired) electrons. The number of hydrogen-bond acceptors (Lipinski definition) is 3. The maximum Gasteiger partial charge on any atom is 0.255 e. The van der Waals surface area contributed by atoms with Gasteiger partial charge in [0.2, 0.25) is 5.91 Å². The molecule has 0 spiro atoms. The van der Waals surface area contributed by atoms with E-state index in [4.69, 9.17) is 11.6 Å². The fourth-order valence-corrected chi connectivity index (χ4v) is 2.29. The predicted molar refractivity (Wildman–Crippen MR) is 85.7 cm³/mol. The minimum atomic E-state index is -0.335. The van der Waals surface area contributed by atoms with Crippen LogP contribution in [0.2, 0.25) is 5.15 Å². The number of amides is 1. The van der Waals surface area contributed by atoms with E-state index < -0.39 is 0 Å². The lowest BCUT2D eigenvalue weighted by Crippen LogP contribution is -2.30. The van der Waals surface area contributed by atoms with E-state index in [1.807, 2.05) is 19.1 Å². The summed E-state index contributed by atoms with van der Waals surface area (Å²) in [6, 6.07) is 8.39. The van der Waals surface area contributed by atoms with E-state index in [1.54, 1.807) is 12.1 Å². The number of hydrogen-bond donors (Lipinski definition) is 1. The highest BCUT2D eigenvalue weighted by molar-refractivity contribution is 9.10. The molecule has 0 aliphatic heterocycles. The third-order valence-corrected chi connectivity index (χ3v) is 3.52. The SMILES string of the molecule is CCc1nc(Cl)cc(=O)n1CC(=O)Nc1ccc(Br)cc1. The average molecular weight is 371 g/mol. The summed E-state index contributed by atoms with van der Waals surface area (Å²) in [6.07, 6.45) is 0.515. The van der Waals surface area contributed by atoms with Crippen LogP contribution in [0, 0.1) is 0 Å². The Hall–Kier alpha value is -1.66. The van der Waals surface area contributed by atoms with Crippen LogP contribution in [0.15, 0.2) is 39.6 Å². The van der Waals surface area contributed by atoms with Gasteiger partial charge in [-0.3, -0.25) is 14.2 Å². The number of aromatic nitrogens is 2. The van der Waals surface area contributed by atoms with Gasteiger partial charge in [0.15, 0.2) is 0 Å². The van der Waals surface area contributed by atoms with Gasteiger partial charge < -0.3 is 5.32 Å². The van der Waals surface area contributed by atoms with Crippen LogP contribution in [0.5, 0.6) is 0 Å². The number of carbonyl (C=O) groups is 1. The average Bonchev–Trinajstić information content (AvgIpc) is 2.44. The largest absolute Gasteiger partial charge is 0.325 e. The minimum absolute atomic E-state index is 0.0950. The van der Waals surface area contributed by atoms with E-state index in [1.165, 1.54) is 10.6 Å². The number of anilines is 1. The van der Waals surface area contributed by atoms with Crippen molar-refractivity contribution in [1.29, 1.82) is 0 Å². The molecule has 1 aromatic heterocycles. The van der Waals surface area contributed by atoms with Gasteiger partial charge in [-0.25, -0.2) is 4.98 Å². The van der Waals surface area contributed by atoms with E-state index >= 15 is 0 Å². The summed E-state index contributed by atoms with van der Waals surface area (Å²) in [5, 5.41) is 2.87. The van der Waals surface area contributed by atoms with E-state index in [0.717, 1.165) is 4.47 Å². The van der Waals surface area contributed by atoms with Gasteiger partial charge in [0.25, 0.3) is 5.56 Å². The second-order valence-electron chi connectivity index (χ2n) is 4.33. The first kappa shape index (κ1) is 15.7. The maximum absolute atomic E-state index is 12.0. The topological polar surface area (TPSA) is 64.0 Å². The molecule has 0 unspecified atom stereocenters. The molecule has 1 aromatic carbocycles. The Bertz CT molecular complexity index is 713.